The molecule has 0 unspecified atom stereocenters. The van der Waals surface area contributed by atoms with Crippen LogP contribution in [0.5, 0.6) is 0 Å². The van der Waals surface area contributed by atoms with Gasteiger partial charge in [-0.1, -0.05) is 0 Å². The second-order valence-corrected chi connectivity index (χ2v) is 7.83. The van der Waals surface area contributed by atoms with Gasteiger partial charge in [0.2, 0.25) is 5.82 Å². The Hall–Kier alpha value is -2.27. The summed E-state index contributed by atoms with van der Waals surface area (Å²) in [6, 6.07) is 1.97. The number of aromatic nitrogens is 2. The summed E-state index contributed by atoms with van der Waals surface area (Å²) in [6.45, 7) is 3.90. The fourth-order valence-corrected chi connectivity index (χ4v) is 4.13. The molecular formula is C19H25F3N4O4. The number of alkyl halides is 3. The van der Waals surface area contributed by atoms with Gasteiger partial charge in [-0.05, 0) is 31.2 Å². The van der Waals surface area contributed by atoms with Crippen LogP contribution in [0.4, 0.5) is 13.2 Å². The molecule has 1 aromatic heterocycles. The lowest BCUT2D eigenvalue weighted by atomic mass is 9.89. The van der Waals surface area contributed by atoms with E-state index in [-0.39, 0.29) is 18.1 Å². The third-order valence-corrected chi connectivity index (χ3v) is 5.72. The highest BCUT2D eigenvalue weighted by Gasteiger charge is 2.47. The number of amides is 1. The number of halogens is 3. The van der Waals surface area contributed by atoms with Gasteiger partial charge < -0.3 is 19.6 Å². The van der Waals surface area contributed by atoms with Crippen LogP contribution in [0.2, 0.25) is 0 Å². The van der Waals surface area contributed by atoms with Crippen LogP contribution in [0.3, 0.4) is 0 Å². The lowest BCUT2D eigenvalue weighted by Crippen LogP contribution is -2.53. The van der Waals surface area contributed by atoms with Crippen molar-refractivity contribution in [3.05, 3.63) is 24.3 Å². The number of piperidine rings is 1. The van der Waals surface area contributed by atoms with Crippen molar-refractivity contribution in [2.75, 3.05) is 33.3 Å². The minimum atomic E-state index is -5.08. The Balaban J connectivity index is 0.000000318. The summed E-state index contributed by atoms with van der Waals surface area (Å²) < 4.78 is 37.4. The number of methoxy groups -OCH3 is 1. The van der Waals surface area contributed by atoms with Crippen LogP contribution in [0.1, 0.15) is 29.9 Å². The van der Waals surface area contributed by atoms with Gasteiger partial charge in [0.1, 0.15) is 0 Å². The van der Waals surface area contributed by atoms with Gasteiger partial charge in [-0.2, -0.15) is 13.2 Å². The van der Waals surface area contributed by atoms with E-state index in [1.165, 1.54) is 19.4 Å². The third kappa shape index (κ3) is 5.45. The molecule has 1 N–H and O–H groups in total. The predicted molar refractivity (Wildman–Crippen MR) is 98.6 cm³/mol. The van der Waals surface area contributed by atoms with E-state index in [1.807, 2.05) is 4.90 Å². The topological polar surface area (TPSA) is 95.9 Å². The number of carboxylic acids is 1. The first-order valence-corrected chi connectivity index (χ1v) is 9.84. The van der Waals surface area contributed by atoms with Gasteiger partial charge in [0.25, 0.3) is 5.91 Å². The molecule has 2 saturated heterocycles. The Morgan fingerprint density at radius 1 is 1.20 bits per heavy atom. The van der Waals surface area contributed by atoms with Crippen molar-refractivity contribution in [1.29, 1.82) is 0 Å². The summed E-state index contributed by atoms with van der Waals surface area (Å²) in [5.41, 5.74) is 0. The predicted octanol–water partition coefficient (Wildman–Crippen LogP) is 1.68. The van der Waals surface area contributed by atoms with Crippen molar-refractivity contribution in [3.63, 3.8) is 0 Å². The van der Waals surface area contributed by atoms with E-state index in [4.69, 9.17) is 14.6 Å². The van der Waals surface area contributed by atoms with Crippen LogP contribution in [-0.4, -0.2) is 88.4 Å². The molecular weight excluding hydrogens is 405 g/mol. The highest BCUT2D eigenvalue weighted by molar-refractivity contribution is 5.90. The molecule has 4 rings (SSSR count). The molecule has 1 saturated carbocycles. The highest BCUT2D eigenvalue weighted by Crippen LogP contribution is 2.36. The Bertz CT molecular complexity index is 745. The Labute approximate surface area is 172 Å². The number of likely N-dealkylation sites (tertiary alicyclic amines) is 2. The van der Waals surface area contributed by atoms with Gasteiger partial charge in [-0.15, -0.1) is 0 Å². The van der Waals surface area contributed by atoms with E-state index in [9.17, 15) is 18.0 Å². The van der Waals surface area contributed by atoms with Gasteiger partial charge in [0.15, 0.2) is 0 Å². The van der Waals surface area contributed by atoms with E-state index in [2.05, 4.69) is 14.9 Å². The summed E-state index contributed by atoms with van der Waals surface area (Å²) >= 11 is 0. The van der Waals surface area contributed by atoms with E-state index in [0.717, 1.165) is 32.0 Å². The minimum Gasteiger partial charge on any atom is -0.475 e. The molecule has 1 aromatic rings. The van der Waals surface area contributed by atoms with E-state index in [0.29, 0.717) is 11.7 Å². The van der Waals surface area contributed by atoms with Crippen LogP contribution >= 0.6 is 0 Å². The number of hydrogen-bond donors (Lipinski definition) is 1. The zero-order valence-corrected chi connectivity index (χ0v) is 16.6. The molecule has 11 heteroatoms. The molecule has 3 aliphatic rings. The molecule has 0 bridgehead atoms. The van der Waals surface area contributed by atoms with Gasteiger partial charge >= 0.3 is 12.1 Å². The van der Waals surface area contributed by atoms with Crippen molar-refractivity contribution >= 4 is 11.9 Å². The molecule has 3 heterocycles. The number of aliphatic carboxylic acids is 1. The van der Waals surface area contributed by atoms with E-state index in [1.54, 1.807) is 25.6 Å². The van der Waals surface area contributed by atoms with Crippen LogP contribution in [0.25, 0.3) is 0 Å². The minimum absolute atomic E-state index is 0.0385. The van der Waals surface area contributed by atoms with Crippen molar-refractivity contribution in [2.24, 2.45) is 11.8 Å². The van der Waals surface area contributed by atoms with Crippen LogP contribution in [0.15, 0.2) is 18.5 Å². The maximum atomic E-state index is 12.8. The van der Waals surface area contributed by atoms with Crippen molar-refractivity contribution < 1.29 is 32.6 Å². The number of carboxylic acid groups (broad SMARTS) is 1. The first-order valence-electron chi connectivity index (χ1n) is 9.84. The number of carbonyl (C=O) groups is 2. The molecule has 0 aromatic carbocycles. The average molecular weight is 430 g/mol. The molecule has 0 spiro atoms. The quantitative estimate of drug-likeness (QED) is 0.777. The maximum Gasteiger partial charge on any atom is 0.490 e. The third-order valence-electron chi connectivity index (χ3n) is 5.72. The van der Waals surface area contributed by atoms with Crippen LogP contribution in [-0.2, 0) is 9.53 Å². The zero-order valence-electron chi connectivity index (χ0n) is 16.6. The van der Waals surface area contributed by atoms with Crippen molar-refractivity contribution in [1.82, 2.24) is 19.8 Å². The molecule has 8 nitrogen and oxygen atoms in total. The summed E-state index contributed by atoms with van der Waals surface area (Å²) in [6.07, 6.45) is 2.06. The largest absolute Gasteiger partial charge is 0.490 e. The standard InChI is InChI=1S/C17H24N4O2.C2HF3O2/c1-23-15-5-8-21(17(22)16-18-6-2-7-19-16)14-11-20(10-13(14)15)9-12-3-4-12;3-2(4,5)1(6)7/h2,6-7,12-15H,3-5,8-11H2,1H3;(H,6,7)/t13-,14+,15+;/m0./s1. The second kappa shape index (κ2) is 9.25. The number of hydrogen-bond acceptors (Lipinski definition) is 6. The van der Waals surface area contributed by atoms with Crippen molar-refractivity contribution in [3.8, 4) is 0 Å². The summed E-state index contributed by atoms with van der Waals surface area (Å²) in [4.78, 5) is 34.5. The van der Waals surface area contributed by atoms with Crippen LogP contribution in [0, 0.1) is 11.8 Å². The molecule has 1 amide bonds. The second-order valence-electron chi connectivity index (χ2n) is 7.83. The average Bonchev–Trinajstić information content (AvgIpc) is 3.42. The molecule has 1 aliphatic carbocycles. The molecule has 3 atom stereocenters. The maximum absolute atomic E-state index is 12.8. The summed E-state index contributed by atoms with van der Waals surface area (Å²) in [5, 5.41) is 7.12. The molecule has 166 valence electrons. The first-order chi connectivity index (χ1) is 14.2. The lowest BCUT2D eigenvalue weighted by Gasteiger charge is -2.40. The molecule has 30 heavy (non-hydrogen) atoms. The van der Waals surface area contributed by atoms with Crippen molar-refractivity contribution in [2.45, 2.75) is 37.6 Å². The number of ether oxygens (including phenoxy) is 1. The Morgan fingerprint density at radius 2 is 1.83 bits per heavy atom. The Morgan fingerprint density at radius 3 is 2.37 bits per heavy atom. The normalized spacial score (nSPS) is 26.5. The number of fused-ring (bicyclic) bond motifs is 1. The number of nitrogens with zero attached hydrogens (tertiary/aromatic N) is 4. The van der Waals surface area contributed by atoms with E-state index >= 15 is 0 Å². The molecule has 2 aliphatic heterocycles. The molecule has 0 radical (unpaired) electrons. The molecule has 3 fully saturated rings. The van der Waals surface area contributed by atoms with Gasteiger partial charge in [-0.25, -0.2) is 14.8 Å². The first kappa shape index (κ1) is 22.4. The fraction of sp³-hybridized carbons (Fsp3) is 0.684. The highest BCUT2D eigenvalue weighted by atomic mass is 19.4. The van der Waals surface area contributed by atoms with Gasteiger partial charge in [-0.3, -0.25) is 4.79 Å². The lowest BCUT2D eigenvalue weighted by molar-refractivity contribution is -0.192. The smallest absolute Gasteiger partial charge is 0.475 e. The van der Waals surface area contributed by atoms with Gasteiger partial charge in [0, 0.05) is 51.6 Å². The van der Waals surface area contributed by atoms with Crippen LogP contribution < -0.4 is 0 Å². The SMILES string of the molecule is CO[C@@H]1CCN(C(=O)c2ncccn2)[C@@H]2CN(CC3CC3)C[C@@H]21.O=C(O)C(F)(F)F. The number of rotatable bonds is 4. The monoisotopic (exact) mass is 430 g/mol. The van der Waals surface area contributed by atoms with E-state index < -0.39 is 12.1 Å². The zero-order chi connectivity index (χ0) is 21.9. The summed E-state index contributed by atoms with van der Waals surface area (Å²) in [7, 11) is 1.79. The fourth-order valence-electron chi connectivity index (χ4n) is 4.13. The summed E-state index contributed by atoms with van der Waals surface area (Å²) in [5.74, 6) is -1.21. The Kier molecular flexibility index (Phi) is 6.91. The van der Waals surface area contributed by atoms with Gasteiger partial charge in [0.05, 0.1) is 12.1 Å². The number of carbonyl (C=O) groups excluding carboxylic acids is 1.